The van der Waals surface area contributed by atoms with Gasteiger partial charge in [-0.05, 0) is 24.6 Å². The lowest BCUT2D eigenvalue weighted by Gasteiger charge is -2.43. The number of anilines is 1. The fraction of sp³-hybridized carbons (Fsp3) is 0.417. The first-order valence-electron chi connectivity index (χ1n) is 10.7. The molecular weight excluding hydrogens is 435 g/mol. The normalized spacial score (nSPS) is 16.5. The largest absolute Gasteiger partial charge is 0.484 e. The van der Waals surface area contributed by atoms with Gasteiger partial charge in [0.1, 0.15) is 11.8 Å². The minimum Gasteiger partial charge on any atom is -0.484 e. The molecule has 0 bridgehead atoms. The lowest BCUT2D eigenvalue weighted by atomic mass is 10.0. The van der Waals surface area contributed by atoms with Gasteiger partial charge in [-0.25, -0.2) is 0 Å². The molecule has 1 heterocycles. The number of halogens is 3. The Balaban J connectivity index is 1.79. The molecule has 1 saturated heterocycles. The maximum atomic E-state index is 13.2. The number of rotatable bonds is 6. The summed E-state index contributed by atoms with van der Waals surface area (Å²) in [6.07, 6.45) is -4.64. The number of aryl methyl sites for hydroxylation is 1. The molecule has 0 aromatic heterocycles. The third-order valence-electron chi connectivity index (χ3n) is 5.59. The number of nitrogens with zero attached hydrogens (tertiary/aromatic N) is 3. The summed E-state index contributed by atoms with van der Waals surface area (Å²) in [5.41, 5.74) is 2.43. The van der Waals surface area contributed by atoms with E-state index in [1.807, 2.05) is 31.2 Å². The van der Waals surface area contributed by atoms with Crippen molar-refractivity contribution in [3.63, 3.8) is 0 Å². The second kappa shape index (κ2) is 10.1. The number of amides is 2. The molecule has 2 aromatic carbocycles. The molecule has 9 heteroatoms. The van der Waals surface area contributed by atoms with Crippen LogP contribution < -0.4 is 9.64 Å². The second-order valence-electron chi connectivity index (χ2n) is 8.26. The summed E-state index contributed by atoms with van der Waals surface area (Å²) in [5, 5.41) is 0. The van der Waals surface area contributed by atoms with Gasteiger partial charge in [-0.1, -0.05) is 36.4 Å². The highest BCUT2D eigenvalue weighted by Crippen LogP contribution is 2.26. The first-order valence-corrected chi connectivity index (χ1v) is 10.7. The summed E-state index contributed by atoms with van der Waals surface area (Å²) >= 11 is 0. The average Bonchev–Trinajstić information content (AvgIpc) is 2.77. The first-order chi connectivity index (χ1) is 15.6. The molecule has 3 rings (SSSR count). The smallest absolute Gasteiger partial charge is 0.422 e. The summed E-state index contributed by atoms with van der Waals surface area (Å²) in [6.45, 7) is 1.76. The average molecular weight is 464 g/mol. The van der Waals surface area contributed by atoms with Crippen molar-refractivity contribution in [3.8, 4) is 5.75 Å². The third kappa shape index (κ3) is 6.18. The highest BCUT2D eigenvalue weighted by atomic mass is 19.4. The van der Waals surface area contributed by atoms with Crippen molar-refractivity contribution in [2.75, 3.05) is 45.2 Å². The second-order valence-corrected chi connectivity index (χ2v) is 8.26. The van der Waals surface area contributed by atoms with E-state index in [2.05, 4.69) is 4.90 Å². The molecular formula is C24H28F3N3O3. The number of hydrogen-bond acceptors (Lipinski definition) is 4. The maximum absolute atomic E-state index is 13.2. The number of carbonyl (C=O) groups is 2. The van der Waals surface area contributed by atoms with Crippen molar-refractivity contribution >= 4 is 17.5 Å². The lowest BCUT2D eigenvalue weighted by Crippen LogP contribution is -2.61. The molecule has 1 aliphatic heterocycles. The Kier molecular flexibility index (Phi) is 7.50. The van der Waals surface area contributed by atoms with Crippen molar-refractivity contribution in [2.24, 2.45) is 0 Å². The number of alkyl halides is 3. The zero-order chi connectivity index (χ0) is 24.2. The van der Waals surface area contributed by atoms with Crippen LogP contribution in [0.1, 0.15) is 11.1 Å². The molecule has 0 radical (unpaired) electrons. The number of ether oxygens (including phenoxy) is 1. The summed E-state index contributed by atoms with van der Waals surface area (Å²) in [6, 6.07) is 13.3. The molecule has 0 aliphatic carbocycles. The number of hydrogen-bond donors (Lipinski definition) is 0. The van der Waals surface area contributed by atoms with Crippen LogP contribution in [0.15, 0.2) is 48.5 Å². The van der Waals surface area contributed by atoms with Crippen molar-refractivity contribution < 1.29 is 27.5 Å². The minimum absolute atomic E-state index is 0.0113. The van der Waals surface area contributed by atoms with Crippen LogP contribution in [0.4, 0.5) is 18.9 Å². The summed E-state index contributed by atoms with van der Waals surface area (Å²) in [7, 11) is 3.27. The minimum atomic E-state index is -4.48. The predicted molar refractivity (Wildman–Crippen MR) is 119 cm³/mol. The molecule has 6 nitrogen and oxygen atoms in total. The van der Waals surface area contributed by atoms with Crippen molar-refractivity contribution in [1.29, 1.82) is 0 Å². The number of piperazine rings is 1. The number of para-hydroxylation sites is 2. The Morgan fingerprint density at radius 2 is 1.73 bits per heavy atom. The van der Waals surface area contributed by atoms with E-state index in [1.54, 1.807) is 32.3 Å². The van der Waals surface area contributed by atoms with E-state index in [1.165, 1.54) is 15.9 Å². The van der Waals surface area contributed by atoms with E-state index in [9.17, 15) is 22.8 Å². The van der Waals surface area contributed by atoms with Gasteiger partial charge in [0.15, 0.2) is 6.61 Å². The number of benzene rings is 2. The Morgan fingerprint density at radius 1 is 1.06 bits per heavy atom. The molecule has 178 valence electrons. The van der Waals surface area contributed by atoms with Crippen LogP contribution in [0, 0.1) is 6.92 Å². The standard InChI is InChI=1S/C24H28F3N3O3/c1-17-8-4-6-10-19(17)29-12-13-30(20(15-29)23(32)28(2)3)22(31)14-18-9-5-7-11-21(18)33-16-24(25,26)27/h4-11,20H,12-16H2,1-3H3. The Labute approximate surface area is 191 Å². The highest BCUT2D eigenvalue weighted by molar-refractivity contribution is 5.89. The van der Waals surface area contributed by atoms with Crippen LogP contribution in [-0.2, 0) is 16.0 Å². The molecule has 0 saturated carbocycles. The van der Waals surface area contributed by atoms with E-state index in [0.717, 1.165) is 11.3 Å². The maximum Gasteiger partial charge on any atom is 0.422 e. The van der Waals surface area contributed by atoms with Gasteiger partial charge in [-0.2, -0.15) is 13.2 Å². The summed E-state index contributed by atoms with van der Waals surface area (Å²) in [5.74, 6) is -0.525. The van der Waals surface area contributed by atoms with Gasteiger partial charge in [0.25, 0.3) is 0 Å². The zero-order valence-corrected chi connectivity index (χ0v) is 18.9. The molecule has 1 unspecified atom stereocenters. The van der Waals surface area contributed by atoms with E-state index >= 15 is 0 Å². The van der Waals surface area contributed by atoms with Crippen LogP contribution in [0.2, 0.25) is 0 Å². The van der Waals surface area contributed by atoms with Gasteiger partial charge in [0.05, 0.1) is 6.42 Å². The van der Waals surface area contributed by atoms with Crippen LogP contribution in [0.25, 0.3) is 0 Å². The van der Waals surface area contributed by atoms with Crippen LogP contribution >= 0.6 is 0 Å². The van der Waals surface area contributed by atoms with Crippen molar-refractivity contribution in [1.82, 2.24) is 9.80 Å². The number of carbonyl (C=O) groups excluding carboxylic acids is 2. The van der Waals surface area contributed by atoms with Gasteiger partial charge in [-0.3, -0.25) is 9.59 Å². The highest BCUT2D eigenvalue weighted by Gasteiger charge is 2.37. The molecule has 2 aromatic rings. The van der Waals surface area contributed by atoms with Crippen LogP contribution in [0.3, 0.4) is 0 Å². The molecule has 1 atom stereocenters. The van der Waals surface area contributed by atoms with Gasteiger partial charge >= 0.3 is 6.18 Å². The molecule has 1 fully saturated rings. The Hall–Kier alpha value is -3.23. The molecule has 0 spiro atoms. The molecule has 2 amide bonds. The van der Waals surface area contributed by atoms with Crippen LogP contribution in [0.5, 0.6) is 5.75 Å². The van der Waals surface area contributed by atoms with E-state index < -0.39 is 18.8 Å². The SMILES string of the molecule is Cc1ccccc1N1CCN(C(=O)Cc2ccccc2OCC(F)(F)F)C(C(=O)N(C)C)C1. The van der Waals surface area contributed by atoms with Crippen LogP contribution in [-0.4, -0.2) is 74.2 Å². The van der Waals surface area contributed by atoms with Gasteiger partial charge in [0, 0.05) is 45.0 Å². The fourth-order valence-corrected chi connectivity index (χ4v) is 3.94. The monoisotopic (exact) mass is 463 g/mol. The quantitative estimate of drug-likeness (QED) is 0.660. The lowest BCUT2D eigenvalue weighted by molar-refractivity contribution is -0.153. The van der Waals surface area contributed by atoms with Crippen molar-refractivity contribution in [2.45, 2.75) is 25.6 Å². The summed E-state index contributed by atoms with van der Waals surface area (Å²) < 4.78 is 42.7. The summed E-state index contributed by atoms with van der Waals surface area (Å²) in [4.78, 5) is 31.3. The van der Waals surface area contributed by atoms with E-state index in [-0.39, 0.29) is 24.0 Å². The third-order valence-corrected chi connectivity index (χ3v) is 5.59. The first kappa shape index (κ1) is 24.4. The van der Waals surface area contributed by atoms with Crippen molar-refractivity contribution in [3.05, 3.63) is 59.7 Å². The topological polar surface area (TPSA) is 53.1 Å². The number of likely N-dealkylation sites (N-methyl/N-ethyl adjacent to an activating group) is 1. The van der Waals surface area contributed by atoms with Gasteiger partial charge in [-0.15, -0.1) is 0 Å². The molecule has 0 N–H and O–H groups in total. The van der Waals surface area contributed by atoms with E-state index in [0.29, 0.717) is 25.2 Å². The predicted octanol–water partition coefficient (Wildman–Crippen LogP) is 3.28. The fourth-order valence-electron chi connectivity index (χ4n) is 3.94. The van der Waals surface area contributed by atoms with E-state index in [4.69, 9.17) is 4.74 Å². The zero-order valence-electron chi connectivity index (χ0n) is 18.9. The molecule has 1 aliphatic rings. The Bertz CT molecular complexity index is 994. The molecule has 33 heavy (non-hydrogen) atoms. The Morgan fingerprint density at radius 3 is 2.39 bits per heavy atom. The van der Waals surface area contributed by atoms with Gasteiger partial charge in [0.2, 0.25) is 11.8 Å². The van der Waals surface area contributed by atoms with Gasteiger partial charge < -0.3 is 19.4 Å².